The highest BCUT2D eigenvalue weighted by Crippen LogP contribution is 2.41. The van der Waals surface area contributed by atoms with Gasteiger partial charge in [-0.2, -0.15) is 0 Å². The molecule has 9 nitrogen and oxygen atoms in total. The number of halogens is 1. The topological polar surface area (TPSA) is 139 Å². The van der Waals surface area contributed by atoms with Crippen LogP contribution in [0.5, 0.6) is 5.75 Å². The smallest absolute Gasteiger partial charge is 0.335 e. The third-order valence-electron chi connectivity index (χ3n) is 9.19. The van der Waals surface area contributed by atoms with Gasteiger partial charge in [0.25, 0.3) is 0 Å². The lowest BCUT2D eigenvalue weighted by atomic mass is 9.70. The molecule has 3 aliphatic rings. The van der Waals surface area contributed by atoms with E-state index in [9.17, 15) is 23.4 Å². The molecule has 5 atom stereocenters. The molecule has 0 bridgehead atoms. The van der Waals surface area contributed by atoms with Crippen LogP contribution >= 0.6 is 11.6 Å². The third-order valence-corrected chi connectivity index (χ3v) is 10.9. The van der Waals surface area contributed by atoms with Crippen molar-refractivity contribution >= 4 is 33.3 Å². The molecule has 234 valence electrons. The van der Waals surface area contributed by atoms with E-state index in [1.54, 1.807) is 24.3 Å². The predicted octanol–water partition coefficient (Wildman–Crippen LogP) is 4.79. The largest absolute Gasteiger partial charge is 0.487 e. The van der Waals surface area contributed by atoms with E-state index in [1.807, 2.05) is 24.3 Å². The standard InChI is InChI=1S/C32H41ClN2O7S/c33-26-10-7-24-20-42-30-12-9-22(32(37)38)17-28(30)35(14-2-1-4-21(24)16-26)18-23-8-11-27(23)29(36)6-3-5-25-19-41-15-13-31(25)43(34,39)40/h3,6-7,9-10,12,16-17,23,25,27,29,31,36H,1-2,4-5,8,11,13-15,18-20H2,(H,37,38)(H2,34,39,40)/b6-3+/t23-,25+,27+,29-,31+/m0/s1. The number of allylic oxidation sites excluding steroid dienone is 1. The van der Waals surface area contributed by atoms with E-state index < -0.39 is 27.3 Å². The molecule has 0 spiro atoms. The van der Waals surface area contributed by atoms with Crippen molar-refractivity contribution in [2.75, 3.05) is 31.2 Å². The van der Waals surface area contributed by atoms with Gasteiger partial charge in [-0.1, -0.05) is 29.8 Å². The van der Waals surface area contributed by atoms with Gasteiger partial charge in [-0.05, 0) is 98.2 Å². The van der Waals surface area contributed by atoms with E-state index in [4.69, 9.17) is 26.2 Å². The molecule has 1 aliphatic carbocycles. The molecule has 2 heterocycles. The highest BCUT2D eigenvalue weighted by atomic mass is 35.5. The van der Waals surface area contributed by atoms with Gasteiger partial charge >= 0.3 is 5.97 Å². The Labute approximate surface area is 258 Å². The fourth-order valence-corrected chi connectivity index (χ4v) is 7.94. The van der Waals surface area contributed by atoms with Gasteiger partial charge in [0.1, 0.15) is 12.4 Å². The van der Waals surface area contributed by atoms with Crippen molar-refractivity contribution in [2.24, 2.45) is 22.9 Å². The number of ether oxygens (including phenoxy) is 2. The zero-order chi connectivity index (χ0) is 30.6. The average molecular weight is 633 g/mol. The Kier molecular flexibility index (Phi) is 10.3. The van der Waals surface area contributed by atoms with Crippen LogP contribution in [-0.4, -0.2) is 62.3 Å². The number of anilines is 1. The summed E-state index contributed by atoms with van der Waals surface area (Å²) in [5.41, 5.74) is 3.18. The number of nitrogens with zero attached hydrogens (tertiary/aromatic N) is 1. The summed E-state index contributed by atoms with van der Waals surface area (Å²) in [5.74, 6) is -0.346. The van der Waals surface area contributed by atoms with Crippen molar-refractivity contribution in [1.29, 1.82) is 0 Å². The molecule has 2 aliphatic heterocycles. The van der Waals surface area contributed by atoms with Crippen LogP contribution in [0.3, 0.4) is 0 Å². The number of carbonyl (C=O) groups is 1. The average Bonchev–Trinajstić information content (AvgIpc) is 2.98. The molecular formula is C32H41ClN2O7S. The second kappa shape index (κ2) is 14.0. The fraction of sp³-hybridized carbons (Fsp3) is 0.531. The molecule has 0 unspecified atom stereocenters. The van der Waals surface area contributed by atoms with E-state index in [-0.39, 0.29) is 23.3 Å². The molecule has 0 radical (unpaired) electrons. The molecular weight excluding hydrogens is 592 g/mol. The van der Waals surface area contributed by atoms with Gasteiger partial charge in [0, 0.05) is 30.6 Å². The first-order valence-corrected chi connectivity index (χ1v) is 17.1. The number of rotatable bonds is 8. The minimum Gasteiger partial charge on any atom is -0.487 e. The lowest BCUT2D eigenvalue weighted by molar-refractivity contribution is 0.0451. The second-order valence-corrected chi connectivity index (χ2v) is 14.2. The van der Waals surface area contributed by atoms with E-state index >= 15 is 0 Å². The van der Waals surface area contributed by atoms with Crippen molar-refractivity contribution in [3.8, 4) is 5.75 Å². The SMILES string of the molecule is NS(=O)(=O)[C@@H]1CCOC[C@H]1C/C=C/[C@H](O)[C@@H]1CC[C@H]1CN1CCCCc2cc(Cl)ccc2COc2ccc(C(=O)O)cc21. The number of sulfonamides is 1. The molecule has 2 fully saturated rings. The van der Waals surface area contributed by atoms with E-state index in [2.05, 4.69) is 4.90 Å². The number of carboxylic acid groups (broad SMARTS) is 1. The first-order chi connectivity index (χ1) is 20.6. The van der Waals surface area contributed by atoms with Crippen LogP contribution in [0.1, 0.15) is 60.0 Å². The Morgan fingerprint density at radius 3 is 2.70 bits per heavy atom. The number of carboxylic acids is 1. The molecule has 1 saturated carbocycles. The molecule has 2 aromatic carbocycles. The van der Waals surface area contributed by atoms with Gasteiger partial charge in [-0.25, -0.2) is 18.4 Å². The first kappa shape index (κ1) is 31.8. The Bertz CT molecular complexity index is 1430. The summed E-state index contributed by atoms with van der Waals surface area (Å²) >= 11 is 6.28. The molecule has 4 N–H and O–H groups in total. The quantitative estimate of drug-likeness (QED) is 0.353. The molecule has 1 saturated heterocycles. The monoisotopic (exact) mass is 632 g/mol. The second-order valence-electron chi connectivity index (χ2n) is 12.0. The van der Waals surface area contributed by atoms with Gasteiger partial charge in [-0.3, -0.25) is 0 Å². The van der Waals surface area contributed by atoms with Crippen molar-refractivity contribution in [3.05, 3.63) is 70.3 Å². The summed E-state index contributed by atoms with van der Waals surface area (Å²) in [6, 6.07) is 10.8. The lowest BCUT2D eigenvalue weighted by Gasteiger charge is -2.42. The van der Waals surface area contributed by atoms with Crippen LogP contribution in [0, 0.1) is 17.8 Å². The Balaban J connectivity index is 1.30. The number of benzene rings is 2. The number of hydrogen-bond donors (Lipinski definition) is 3. The van der Waals surface area contributed by atoms with Crippen LogP contribution < -0.4 is 14.8 Å². The molecule has 5 rings (SSSR count). The van der Waals surface area contributed by atoms with E-state index in [0.29, 0.717) is 50.0 Å². The number of aromatic carboxylic acids is 1. The minimum atomic E-state index is -3.66. The number of aliphatic hydroxyl groups excluding tert-OH is 1. The minimum absolute atomic E-state index is 0.0458. The normalized spacial score (nSPS) is 25.5. The molecule has 0 amide bonds. The van der Waals surface area contributed by atoms with Gasteiger partial charge in [0.05, 0.1) is 29.2 Å². The van der Waals surface area contributed by atoms with E-state index in [1.165, 1.54) is 0 Å². The van der Waals surface area contributed by atoms with Crippen LogP contribution in [-0.2, 0) is 27.8 Å². The third kappa shape index (κ3) is 7.91. The van der Waals surface area contributed by atoms with Crippen molar-refractivity contribution in [3.63, 3.8) is 0 Å². The highest BCUT2D eigenvalue weighted by Gasteiger charge is 2.37. The number of hydrogen-bond acceptors (Lipinski definition) is 7. The maximum Gasteiger partial charge on any atom is 0.335 e. The molecule has 2 aromatic rings. The lowest BCUT2D eigenvalue weighted by Crippen LogP contribution is -2.43. The predicted molar refractivity (Wildman–Crippen MR) is 166 cm³/mol. The summed E-state index contributed by atoms with van der Waals surface area (Å²) in [7, 11) is -3.66. The first-order valence-electron chi connectivity index (χ1n) is 15.1. The Morgan fingerprint density at radius 1 is 1.12 bits per heavy atom. The van der Waals surface area contributed by atoms with Gasteiger partial charge in [-0.15, -0.1) is 0 Å². The van der Waals surface area contributed by atoms with Crippen molar-refractivity contribution in [1.82, 2.24) is 0 Å². The van der Waals surface area contributed by atoms with Crippen molar-refractivity contribution < 1.29 is 32.9 Å². The fourth-order valence-electron chi connectivity index (χ4n) is 6.59. The zero-order valence-electron chi connectivity index (χ0n) is 24.2. The van der Waals surface area contributed by atoms with Gasteiger partial charge in [0.15, 0.2) is 0 Å². The van der Waals surface area contributed by atoms with Crippen LogP contribution in [0.2, 0.25) is 5.02 Å². The summed E-state index contributed by atoms with van der Waals surface area (Å²) in [4.78, 5) is 14.1. The van der Waals surface area contributed by atoms with E-state index in [0.717, 1.165) is 55.5 Å². The number of aliphatic hydroxyl groups is 1. The molecule has 11 heteroatoms. The summed E-state index contributed by atoms with van der Waals surface area (Å²) < 4.78 is 35.8. The summed E-state index contributed by atoms with van der Waals surface area (Å²) in [6.45, 7) is 2.46. The summed E-state index contributed by atoms with van der Waals surface area (Å²) in [5, 5.41) is 26.3. The van der Waals surface area contributed by atoms with Crippen LogP contribution in [0.25, 0.3) is 0 Å². The number of primary sulfonamides is 1. The Hall–Kier alpha value is -2.63. The Morgan fingerprint density at radius 2 is 1.95 bits per heavy atom. The number of nitrogens with two attached hydrogens (primary N) is 1. The molecule has 0 aromatic heterocycles. The van der Waals surface area contributed by atoms with Crippen LogP contribution in [0.4, 0.5) is 5.69 Å². The maximum absolute atomic E-state index is 12.0. The van der Waals surface area contributed by atoms with Gasteiger partial charge in [0.2, 0.25) is 10.0 Å². The molecule has 43 heavy (non-hydrogen) atoms. The highest BCUT2D eigenvalue weighted by molar-refractivity contribution is 7.89. The maximum atomic E-state index is 12.0. The number of aryl methyl sites for hydroxylation is 1. The number of fused-ring (bicyclic) bond motifs is 2. The van der Waals surface area contributed by atoms with Gasteiger partial charge < -0.3 is 24.6 Å². The van der Waals surface area contributed by atoms with Crippen molar-refractivity contribution in [2.45, 2.75) is 62.9 Å². The van der Waals surface area contributed by atoms with Crippen LogP contribution in [0.15, 0.2) is 48.6 Å². The summed E-state index contributed by atoms with van der Waals surface area (Å²) in [6.07, 6.45) is 8.38. The zero-order valence-corrected chi connectivity index (χ0v) is 25.8.